The van der Waals surface area contributed by atoms with Crippen LogP contribution in [0.3, 0.4) is 0 Å². The first-order chi connectivity index (χ1) is 8.86. The second-order valence-electron chi connectivity index (χ2n) is 3.34. The highest BCUT2D eigenvalue weighted by Gasteiger charge is 2.33. The van der Waals surface area contributed by atoms with E-state index < -0.39 is 17.8 Å². The summed E-state index contributed by atoms with van der Waals surface area (Å²) in [6, 6.07) is 0.850. The van der Waals surface area contributed by atoms with Gasteiger partial charge < -0.3 is 10.1 Å². The van der Waals surface area contributed by atoms with Gasteiger partial charge in [-0.2, -0.15) is 13.2 Å². The molecule has 19 heavy (non-hydrogen) atoms. The van der Waals surface area contributed by atoms with Crippen LogP contribution in [-0.2, 0) is 15.7 Å². The smallest absolute Gasteiger partial charge is 0.433 e. The third-order valence-electron chi connectivity index (χ3n) is 2.00. The molecule has 9 heteroatoms. The maximum atomic E-state index is 12.6. The molecule has 0 saturated heterocycles. The Labute approximate surface area is 112 Å². The summed E-state index contributed by atoms with van der Waals surface area (Å²) < 4.78 is 42.2. The van der Waals surface area contributed by atoms with E-state index in [0.29, 0.717) is 0 Å². The summed E-state index contributed by atoms with van der Waals surface area (Å²) in [5, 5.41) is 2.61. The molecule has 0 radical (unpaired) electrons. The van der Waals surface area contributed by atoms with E-state index in [1.54, 1.807) is 0 Å². The third kappa shape index (κ3) is 4.93. The number of hydrogen-bond donors (Lipinski definition) is 1. The topological polar surface area (TPSA) is 64.1 Å². The fourth-order valence-electron chi connectivity index (χ4n) is 1.10. The summed E-state index contributed by atoms with van der Waals surface area (Å²) in [5.41, 5.74) is -1.02. The highest BCUT2D eigenvalue weighted by atomic mass is 32.2. The molecule has 0 spiro atoms. The number of thioether (sulfide) groups is 1. The molecule has 5 nitrogen and oxygen atoms in total. The Kier molecular flexibility index (Phi) is 5.40. The Morgan fingerprint density at radius 2 is 2.16 bits per heavy atom. The van der Waals surface area contributed by atoms with E-state index in [1.807, 2.05) is 0 Å². The summed E-state index contributed by atoms with van der Waals surface area (Å²) in [4.78, 5) is 18.1. The molecule has 106 valence electrons. The second kappa shape index (κ2) is 6.60. The molecule has 0 bridgehead atoms. The van der Waals surface area contributed by atoms with Crippen LogP contribution < -0.4 is 5.32 Å². The fraction of sp³-hybridized carbons (Fsp3) is 0.500. The minimum absolute atomic E-state index is 0.0986. The molecule has 0 aliphatic heterocycles. The molecule has 1 rings (SSSR count). The Morgan fingerprint density at radius 3 is 2.68 bits per heavy atom. The van der Waals surface area contributed by atoms with E-state index in [9.17, 15) is 18.0 Å². The lowest BCUT2D eigenvalue weighted by molar-refractivity contribution is -0.141. The number of nitrogens with zero attached hydrogens (tertiary/aromatic N) is 2. The van der Waals surface area contributed by atoms with Crippen LogP contribution in [0.1, 0.15) is 12.1 Å². The normalized spacial score (nSPS) is 11.2. The van der Waals surface area contributed by atoms with Gasteiger partial charge in [0.2, 0.25) is 5.95 Å². The zero-order valence-electron chi connectivity index (χ0n) is 10.2. The summed E-state index contributed by atoms with van der Waals surface area (Å²) in [6.45, 7) is 0. The first kappa shape index (κ1) is 15.5. The van der Waals surface area contributed by atoms with Crippen molar-refractivity contribution >= 4 is 23.7 Å². The van der Waals surface area contributed by atoms with E-state index in [2.05, 4.69) is 20.0 Å². The highest BCUT2D eigenvalue weighted by Crippen LogP contribution is 2.30. The van der Waals surface area contributed by atoms with Crippen molar-refractivity contribution in [1.82, 2.24) is 9.97 Å². The summed E-state index contributed by atoms with van der Waals surface area (Å²) in [6.07, 6.45) is -4.44. The van der Waals surface area contributed by atoms with Gasteiger partial charge >= 0.3 is 12.1 Å². The number of carbonyl (C=O) groups excluding carboxylic acids is 1. The SMILES string of the molecule is CNc1nc(SCCC(=O)OC)cc(C(F)(F)F)n1. The van der Waals surface area contributed by atoms with Gasteiger partial charge in [0.15, 0.2) is 5.69 Å². The monoisotopic (exact) mass is 295 g/mol. The number of alkyl halides is 3. The van der Waals surface area contributed by atoms with Gasteiger partial charge in [-0.3, -0.25) is 4.79 Å². The van der Waals surface area contributed by atoms with E-state index in [0.717, 1.165) is 17.8 Å². The minimum Gasteiger partial charge on any atom is -0.469 e. The van der Waals surface area contributed by atoms with Crippen LogP contribution in [0.2, 0.25) is 0 Å². The number of methoxy groups -OCH3 is 1. The molecule has 0 aliphatic rings. The number of rotatable bonds is 5. The molecule has 0 unspecified atom stereocenters. The van der Waals surface area contributed by atoms with Crippen molar-refractivity contribution < 1.29 is 22.7 Å². The van der Waals surface area contributed by atoms with E-state index in [1.165, 1.54) is 14.2 Å². The predicted octanol–water partition coefficient (Wildman–Crippen LogP) is 2.19. The molecular weight excluding hydrogens is 283 g/mol. The summed E-state index contributed by atoms with van der Waals surface area (Å²) >= 11 is 1.03. The molecule has 0 atom stereocenters. The molecule has 0 fully saturated rings. The third-order valence-corrected chi connectivity index (χ3v) is 2.91. The zero-order chi connectivity index (χ0) is 14.5. The standard InChI is InChI=1S/C10H12F3N3O2S/c1-14-9-15-6(10(11,12)13)5-7(16-9)19-4-3-8(17)18-2/h5H,3-4H2,1-2H3,(H,14,15,16). The largest absolute Gasteiger partial charge is 0.469 e. The lowest BCUT2D eigenvalue weighted by Crippen LogP contribution is -2.11. The van der Waals surface area contributed by atoms with Crippen molar-refractivity contribution in [3.63, 3.8) is 0 Å². The molecular formula is C10H12F3N3O2S. The number of halogens is 3. The van der Waals surface area contributed by atoms with Crippen molar-refractivity contribution in [3.8, 4) is 0 Å². The Morgan fingerprint density at radius 1 is 1.47 bits per heavy atom. The zero-order valence-corrected chi connectivity index (χ0v) is 11.1. The second-order valence-corrected chi connectivity index (χ2v) is 4.45. The van der Waals surface area contributed by atoms with E-state index in [4.69, 9.17) is 0 Å². The number of esters is 1. The van der Waals surface area contributed by atoms with Crippen molar-refractivity contribution in [3.05, 3.63) is 11.8 Å². The fourth-order valence-corrected chi connectivity index (χ4v) is 1.92. The average molecular weight is 295 g/mol. The lowest BCUT2D eigenvalue weighted by atomic mass is 10.4. The minimum atomic E-state index is -4.54. The Bertz CT molecular complexity index is 454. The van der Waals surface area contributed by atoms with Gasteiger partial charge in [0.1, 0.15) is 5.03 Å². The molecule has 1 N–H and O–H groups in total. The first-order valence-corrected chi connectivity index (χ1v) is 6.19. The average Bonchev–Trinajstić information content (AvgIpc) is 2.37. The molecule has 1 aromatic heterocycles. The van der Waals surface area contributed by atoms with Crippen LogP contribution in [0.25, 0.3) is 0 Å². The van der Waals surface area contributed by atoms with E-state index in [-0.39, 0.29) is 23.1 Å². The molecule has 0 aromatic carbocycles. The maximum absolute atomic E-state index is 12.6. The number of nitrogens with one attached hydrogen (secondary N) is 1. The van der Waals surface area contributed by atoms with Crippen LogP contribution in [0.4, 0.5) is 19.1 Å². The van der Waals surface area contributed by atoms with Crippen LogP contribution >= 0.6 is 11.8 Å². The van der Waals surface area contributed by atoms with Gasteiger partial charge in [0.25, 0.3) is 0 Å². The summed E-state index contributed by atoms with van der Waals surface area (Å²) in [5.74, 6) is -0.258. The number of ether oxygens (including phenoxy) is 1. The molecule has 1 aromatic rings. The van der Waals surface area contributed by atoms with Gasteiger partial charge in [-0.05, 0) is 0 Å². The van der Waals surface area contributed by atoms with Gasteiger partial charge in [-0.25, -0.2) is 9.97 Å². The van der Waals surface area contributed by atoms with Gasteiger partial charge in [0.05, 0.1) is 13.5 Å². The molecule has 1 heterocycles. The van der Waals surface area contributed by atoms with Crippen LogP contribution in [0, 0.1) is 0 Å². The van der Waals surface area contributed by atoms with Crippen LogP contribution in [-0.4, -0.2) is 35.8 Å². The van der Waals surface area contributed by atoms with Gasteiger partial charge in [-0.1, -0.05) is 0 Å². The maximum Gasteiger partial charge on any atom is 0.433 e. The molecule has 0 aliphatic carbocycles. The quantitative estimate of drug-likeness (QED) is 0.510. The van der Waals surface area contributed by atoms with Crippen molar-refractivity contribution in [1.29, 1.82) is 0 Å². The number of carbonyl (C=O) groups is 1. The molecule has 0 amide bonds. The molecule has 0 saturated carbocycles. The number of anilines is 1. The van der Waals surface area contributed by atoms with Crippen molar-refractivity contribution in [2.45, 2.75) is 17.6 Å². The van der Waals surface area contributed by atoms with Crippen molar-refractivity contribution in [2.24, 2.45) is 0 Å². The van der Waals surface area contributed by atoms with Crippen molar-refractivity contribution in [2.75, 3.05) is 25.2 Å². The lowest BCUT2D eigenvalue weighted by Gasteiger charge is -2.09. The summed E-state index contributed by atoms with van der Waals surface area (Å²) in [7, 11) is 2.68. The predicted molar refractivity (Wildman–Crippen MR) is 63.9 cm³/mol. The van der Waals surface area contributed by atoms with E-state index >= 15 is 0 Å². The number of aromatic nitrogens is 2. The van der Waals surface area contributed by atoms with Crippen LogP contribution in [0.5, 0.6) is 0 Å². The van der Waals surface area contributed by atoms with Gasteiger partial charge in [-0.15, -0.1) is 11.8 Å². The van der Waals surface area contributed by atoms with Crippen LogP contribution in [0.15, 0.2) is 11.1 Å². The van der Waals surface area contributed by atoms with Gasteiger partial charge in [0, 0.05) is 18.9 Å². The first-order valence-electron chi connectivity index (χ1n) is 5.20. The Hall–Kier alpha value is -1.51. The number of hydrogen-bond acceptors (Lipinski definition) is 6. The highest BCUT2D eigenvalue weighted by molar-refractivity contribution is 7.99. The Balaban J connectivity index is 2.80.